The molecule has 1 aromatic heterocycles. The summed E-state index contributed by atoms with van der Waals surface area (Å²) >= 11 is 0. The monoisotopic (exact) mass is 699 g/mol. The van der Waals surface area contributed by atoms with Gasteiger partial charge in [0.1, 0.15) is 11.2 Å². The Bertz CT molecular complexity index is 2530. The van der Waals surface area contributed by atoms with Crippen LogP contribution in [0.1, 0.15) is 56.1 Å². The van der Waals surface area contributed by atoms with Crippen molar-refractivity contribution in [3.8, 4) is 22.3 Å². The van der Waals surface area contributed by atoms with Gasteiger partial charge in [-0.25, -0.2) is 0 Å². The molecule has 0 saturated heterocycles. The first-order chi connectivity index (χ1) is 26.7. The molecule has 6 fully saturated rings. The molecule has 2 nitrogen and oxygen atoms in total. The lowest BCUT2D eigenvalue weighted by atomic mass is 9.40. The van der Waals surface area contributed by atoms with Crippen molar-refractivity contribution >= 4 is 39.0 Å². The molecule has 6 saturated carbocycles. The Morgan fingerprint density at radius 1 is 0.481 bits per heavy atom. The second kappa shape index (κ2) is 11.0. The number of para-hydroxylation sites is 1. The summed E-state index contributed by atoms with van der Waals surface area (Å²) in [6.45, 7) is 0. The summed E-state index contributed by atoms with van der Waals surface area (Å²) in [5.41, 5.74) is 14.3. The fourth-order valence-corrected chi connectivity index (χ4v) is 14.3. The molecule has 2 heterocycles. The predicted octanol–water partition coefficient (Wildman–Crippen LogP) is 13.7. The highest BCUT2D eigenvalue weighted by molar-refractivity contribution is 6.06. The fraction of sp³-hybridized carbons (Fsp3) is 0.308. The van der Waals surface area contributed by atoms with Gasteiger partial charge in [-0.3, -0.25) is 0 Å². The highest BCUT2D eigenvalue weighted by atomic mass is 16.3. The topological polar surface area (TPSA) is 16.4 Å². The van der Waals surface area contributed by atoms with Crippen LogP contribution in [-0.4, -0.2) is 0 Å². The Balaban J connectivity index is 1.13. The standard InChI is InChI=1S/C52H45NO/c1-3-9-32(10-4-1)34-16-21-47-45(27-34)52(38-18-15-36-26-37-23-31-24-43(36)51(52)44(25-31)42(37)29-38)46-28-35(33-11-5-2-6-12-33)17-22-48(46)53(47)39-19-20-41-40-13-7-8-14-49(40)54-50(41)30-39/h1-14,16-17,19-22,27-28,30-31,36-38,42-44,51H,15,18,23-26,29H2. The van der Waals surface area contributed by atoms with Crippen molar-refractivity contribution < 1.29 is 4.42 Å². The molecule has 1 aliphatic heterocycles. The largest absolute Gasteiger partial charge is 0.456 e. The van der Waals surface area contributed by atoms with Crippen LogP contribution in [0.2, 0.25) is 0 Å². The van der Waals surface area contributed by atoms with Gasteiger partial charge in [0.25, 0.3) is 0 Å². The quantitative estimate of drug-likeness (QED) is 0.183. The predicted molar refractivity (Wildman–Crippen MR) is 220 cm³/mol. The summed E-state index contributed by atoms with van der Waals surface area (Å²) in [4.78, 5) is 2.62. The molecule has 14 rings (SSSR count). The number of fused-ring (bicyclic) bond motifs is 5. The summed E-state index contributed by atoms with van der Waals surface area (Å²) < 4.78 is 6.57. The first kappa shape index (κ1) is 30.3. The number of benzene rings is 6. The molecule has 2 heteroatoms. The van der Waals surface area contributed by atoms with E-state index in [0.717, 1.165) is 46.7 Å². The van der Waals surface area contributed by atoms with Crippen LogP contribution < -0.4 is 4.90 Å². The van der Waals surface area contributed by atoms with Crippen molar-refractivity contribution in [1.82, 2.24) is 0 Å². The van der Waals surface area contributed by atoms with Crippen LogP contribution in [0, 0.1) is 47.3 Å². The fourth-order valence-electron chi connectivity index (χ4n) is 14.3. The van der Waals surface area contributed by atoms with Gasteiger partial charge < -0.3 is 9.32 Å². The van der Waals surface area contributed by atoms with Crippen molar-refractivity contribution in [1.29, 1.82) is 0 Å². The van der Waals surface area contributed by atoms with Crippen molar-refractivity contribution in [3.05, 3.63) is 151 Å². The molecule has 7 aromatic rings. The maximum Gasteiger partial charge on any atom is 0.137 e. The minimum absolute atomic E-state index is 0.0298. The molecule has 1 spiro atoms. The SMILES string of the molecule is c1ccc(-c2ccc3c(c2)C2(c4cc(-c5ccccc5)ccc4N3c3ccc4c(c3)oc3ccccc34)C3CCC4CC5CC6CC4C2C(C6)C5C3)cc1. The van der Waals surface area contributed by atoms with E-state index in [1.165, 1.54) is 95.0 Å². The van der Waals surface area contributed by atoms with E-state index >= 15 is 0 Å². The third-order valence-electron chi connectivity index (χ3n) is 15.9. The van der Waals surface area contributed by atoms with Gasteiger partial charge in [-0.1, -0.05) is 91.0 Å². The molecular formula is C52H45NO. The van der Waals surface area contributed by atoms with E-state index in [-0.39, 0.29) is 5.41 Å². The maximum atomic E-state index is 6.57. The zero-order chi connectivity index (χ0) is 35.1. The molecular weight excluding hydrogens is 655 g/mol. The Hall–Kier alpha value is -5.08. The summed E-state index contributed by atoms with van der Waals surface area (Å²) in [6, 6.07) is 53.0. The van der Waals surface area contributed by atoms with E-state index < -0.39 is 0 Å². The van der Waals surface area contributed by atoms with Crippen LogP contribution in [0.3, 0.4) is 0 Å². The summed E-state index contributed by atoms with van der Waals surface area (Å²) in [7, 11) is 0. The molecule has 0 radical (unpaired) electrons. The molecule has 0 amide bonds. The molecule has 54 heavy (non-hydrogen) atoms. The lowest BCUT2D eigenvalue weighted by molar-refractivity contribution is -0.0795. The van der Waals surface area contributed by atoms with Crippen LogP contribution in [0.15, 0.2) is 144 Å². The van der Waals surface area contributed by atoms with Gasteiger partial charge in [0.2, 0.25) is 0 Å². The lowest BCUT2D eigenvalue weighted by Gasteiger charge is -2.64. The van der Waals surface area contributed by atoms with Crippen LogP contribution >= 0.6 is 0 Å². The second-order valence-electron chi connectivity index (χ2n) is 18.0. The van der Waals surface area contributed by atoms with E-state index in [4.69, 9.17) is 4.42 Å². The van der Waals surface area contributed by atoms with E-state index in [1.54, 1.807) is 11.1 Å². The van der Waals surface area contributed by atoms with Gasteiger partial charge in [-0.2, -0.15) is 0 Å². The summed E-state index contributed by atoms with van der Waals surface area (Å²) in [5.74, 6) is 6.65. The van der Waals surface area contributed by atoms with Crippen LogP contribution in [0.5, 0.6) is 0 Å². The van der Waals surface area contributed by atoms with Crippen molar-refractivity contribution in [2.24, 2.45) is 47.3 Å². The van der Waals surface area contributed by atoms with Gasteiger partial charge in [-0.05, 0) is 168 Å². The number of hydrogen-bond donors (Lipinski definition) is 0. The van der Waals surface area contributed by atoms with E-state index in [2.05, 4.69) is 144 Å². The third-order valence-corrected chi connectivity index (χ3v) is 15.9. The van der Waals surface area contributed by atoms with Gasteiger partial charge in [-0.15, -0.1) is 0 Å². The van der Waals surface area contributed by atoms with Crippen molar-refractivity contribution in [2.45, 2.75) is 50.4 Å². The van der Waals surface area contributed by atoms with Crippen LogP contribution in [0.25, 0.3) is 44.2 Å². The molecule has 0 N–H and O–H groups in total. The lowest BCUT2D eigenvalue weighted by Crippen LogP contribution is -2.59. The van der Waals surface area contributed by atoms with Gasteiger partial charge >= 0.3 is 0 Å². The van der Waals surface area contributed by atoms with Crippen molar-refractivity contribution in [2.75, 3.05) is 4.90 Å². The Morgan fingerprint density at radius 3 is 1.89 bits per heavy atom. The number of furan rings is 1. The average molecular weight is 700 g/mol. The Labute approximate surface area is 317 Å². The normalized spacial score (nSPS) is 29.4. The summed E-state index contributed by atoms with van der Waals surface area (Å²) in [5, 5.41) is 2.37. The molecule has 6 aromatic carbocycles. The minimum Gasteiger partial charge on any atom is -0.456 e. The van der Waals surface area contributed by atoms with E-state index in [9.17, 15) is 0 Å². The van der Waals surface area contributed by atoms with E-state index in [0.29, 0.717) is 11.8 Å². The smallest absolute Gasteiger partial charge is 0.137 e. The Kier molecular flexibility index (Phi) is 6.17. The molecule has 8 atom stereocenters. The number of rotatable bonds is 3. The zero-order valence-electron chi connectivity index (χ0n) is 30.7. The average Bonchev–Trinajstić information content (AvgIpc) is 3.45. The minimum atomic E-state index is -0.0298. The third kappa shape index (κ3) is 3.97. The summed E-state index contributed by atoms with van der Waals surface area (Å²) in [6.07, 6.45) is 10.1. The van der Waals surface area contributed by atoms with Gasteiger partial charge in [0.15, 0.2) is 0 Å². The first-order valence-electron chi connectivity index (χ1n) is 20.8. The molecule has 264 valence electrons. The number of anilines is 3. The highest BCUT2D eigenvalue weighted by Crippen LogP contribution is 2.75. The number of nitrogens with zero attached hydrogens (tertiary/aromatic N) is 1. The van der Waals surface area contributed by atoms with Crippen LogP contribution in [-0.2, 0) is 5.41 Å². The van der Waals surface area contributed by atoms with Crippen LogP contribution in [0.4, 0.5) is 17.1 Å². The maximum absolute atomic E-state index is 6.57. The highest BCUT2D eigenvalue weighted by Gasteiger charge is 2.68. The molecule has 7 aliphatic rings. The molecule has 8 bridgehead atoms. The van der Waals surface area contributed by atoms with E-state index in [1.807, 2.05) is 0 Å². The number of hydrogen-bond acceptors (Lipinski definition) is 2. The first-order valence-corrected chi connectivity index (χ1v) is 20.8. The van der Waals surface area contributed by atoms with Gasteiger partial charge in [0, 0.05) is 27.9 Å². The molecule has 8 unspecified atom stereocenters. The van der Waals surface area contributed by atoms with Gasteiger partial charge in [0.05, 0.1) is 11.4 Å². The van der Waals surface area contributed by atoms with Crippen molar-refractivity contribution in [3.63, 3.8) is 0 Å². The second-order valence-corrected chi connectivity index (χ2v) is 18.0. The molecule has 6 aliphatic carbocycles. The Morgan fingerprint density at radius 2 is 1.15 bits per heavy atom. The zero-order valence-corrected chi connectivity index (χ0v) is 30.7.